The maximum absolute atomic E-state index is 11.7. The number of nitrogens with zero attached hydrogens (tertiary/aromatic N) is 1. The van der Waals surface area contributed by atoms with Gasteiger partial charge in [-0.25, -0.2) is 4.79 Å². The Balaban J connectivity index is 2.43. The van der Waals surface area contributed by atoms with Gasteiger partial charge in [-0.05, 0) is 40.3 Å². The minimum Gasteiger partial charge on any atom is -0.298 e. The molecule has 1 N–H and O–H groups in total. The van der Waals surface area contributed by atoms with Crippen LogP contribution < -0.4 is 11.2 Å². The predicted molar refractivity (Wildman–Crippen MR) is 70.6 cm³/mol. The molecule has 0 amide bonds. The van der Waals surface area contributed by atoms with E-state index >= 15 is 0 Å². The molecule has 1 aromatic heterocycles. The van der Waals surface area contributed by atoms with Crippen LogP contribution in [0, 0.1) is 5.92 Å². The van der Waals surface area contributed by atoms with Crippen molar-refractivity contribution in [1.29, 1.82) is 0 Å². The largest absolute Gasteiger partial charge is 0.328 e. The van der Waals surface area contributed by atoms with Crippen molar-refractivity contribution in [3.63, 3.8) is 0 Å². The summed E-state index contributed by atoms with van der Waals surface area (Å²) in [5.41, 5.74) is -0.163. The van der Waals surface area contributed by atoms with Crippen molar-refractivity contribution in [2.24, 2.45) is 5.92 Å². The van der Waals surface area contributed by atoms with Crippen LogP contribution in [0.25, 0.3) is 0 Å². The number of allylic oxidation sites excluding steroid dienone is 2. The number of carbonyl (C=O) groups excluding carboxylic acids is 1. The van der Waals surface area contributed by atoms with E-state index in [0.717, 1.165) is 18.3 Å². The van der Waals surface area contributed by atoms with Crippen molar-refractivity contribution >= 4 is 22.2 Å². The van der Waals surface area contributed by atoms with E-state index in [1.807, 2.05) is 6.92 Å². The quantitative estimate of drug-likeness (QED) is 0.857. The Morgan fingerprint density at radius 2 is 2.28 bits per heavy atom. The standard InChI is InChI=1S/C12H13BrN2O3/c1-2-7-3-9(4-8(7)6-16)15-5-10(13)11(17)14-12(15)18/h4-7,9H,2-3H2,1H3,(H,14,17,18)/t7-,9+/m0/s1. The molecule has 1 aliphatic carbocycles. The molecule has 0 radical (unpaired) electrons. The van der Waals surface area contributed by atoms with Gasteiger partial charge < -0.3 is 0 Å². The van der Waals surface area contributed by atoms with E-state index in [-0.39, 0.29) is 12.0 Å². The molecule has 0 saturated carbocycles. The zero-order chi connectivity index (χ0) is 13.3. The fourth-order valence-electron chi connectivity index (χ4n) is 2.29. The van der Waals surface area contributed by atoms with Crippen LogP contribution in [0.1, 0.15) is 25.8 Å². The van der Waals surface area contributed by atoms with E-state index in [0.29, 0.717) is 10.9 Å². The number of H-pyrrole nitrogens is 1. The van der Waals surface area contributed by atoms with E-state index in [9.17, 15) is 14.4 Å². The third-order valence-electron chi connectivity index (χ3n) is 3.29. The number of halogens is 1. The molecule has 0 saturated heterocycles. The molecule has 2 rings (SSSR count). The van der Waals surface area contributed by atoms with Gasteiger partial charge in [0, 0.05) is 6.20 Å². The van der Waals surface area contributed by atoms with E-state index in [1.165, 1.54) is 10.8 Å². The molecular weight excluding hydrogens is 300 g/mol. The van der Waals surface area contributed by atoms with Crippen LogP contribution in [0.3, 0.4) is 0 Å². The molecule has 1 aromatic rings. The van der Waals surface area contributed by atoms with E-state index in [1.54, 1.807) is 6.08 Å². The molecule has 1 heterocycles. The summed E-state index contributed by atoms with van der Waals surface area (Å²) in [5, 5.41) is 0. The maximum Gasteiger partial charge on any atom is 0.328 e. The molecule has 6 heteroatoms. The first-order valence-corrected chi connectivity index (χ1v) is 6.54. The summed E-state index contributed by atoms with van der Waals surface area (Å²) >= 11 is 3.10. The van der Waals surface area contributed by atoms with Crippen molar-refractivity contribution < 1.29 is 4.79 Å². The van der Waals surface area contributed by atoms with Gasteiger partial charge in [-0.15, -0.1) is 0 Å². The second-order valence-corrected chi connectivity index (χ2v) is 5.19. The molecule has 0 aromatic carbocycles. The number of hydrogen-bond acceptors (Lipinski definition) is 3. The number of hydrogen-bond donors (Lipinski definition) is 1. The lowest BCUT2D eigenvalue weighted by molar-refractivity contribution is -0.105. The summed E-state index contributed by atoms with van der Waals surface area (Å²) in [6.45, 7) is 2.01. The van der Waals surface area contributed by atoms with Crippen LogP contribution >= 0.6 is 15.9 Å². The number of nitrogens with one attached hydrogen (secondary N) is 1. The SMILES string of the molecule is CC[C@H]1C[C@@H](n2cc(Br)c(=O)[nH]c2=O)C=C1C=O. The molecule has 1 aliphatic rings. The third-order valence-corrected chi connectivity index (χ3v) is 3.86. The summed E-state index contributed by atoms with van der Waals surface area (Å²) < 4.78 is 1.76. The van der Waals surface area contributed by atoms with Gasteiger partial charge in [-0.3, -0.25) is 19.1 Å². The summed E-state index contributed by atoms with van der Waals surface area (Å²) in [5.74, 6) is 0.185. The predicted octanol–water partition coefficient (Wildman–Crippen LogP) is 1.40. The van der Waals surface area contributed by atoms with E-state index < -0.39 is 11.2 Å². The monoisotopic (exact) mass is 312 g/mol. The van der Waals surface area contributed by atoms with Crippen molar-refractivity contribution in [2.45, 2.75) is 25.8 Å². The number of rotatable bonds is 3. The Morgan fingerprint density at radius 1 is 1.56 bits per heavy atom. The summed E-state index contributed by atoms with van der Waals surface area (Å²) in [6, 6.07) is -0.171. The highest BCUT2D eigenvalue weighted by atomic mass is 79.9. The van der Waals surface area contributed by atoms with E-state index in [2.05, 4.69) is 20.9 Å². The first-order valence-electron chi connectivity index (χ1n) is 5.74. The first kappa shape index (κ1) is 13.0. The molecule has 0 unspecified atom stereocenters. The van der Waals surface area contributed by atoms with Crippen LogP contribution in [0.4, 0.5) is 0 Å². The van der Waals surface area contributed by atoms with Crippen LogP contribution in [0.5, 0.6) is 0 Å². The van der Waals surface area contributed by atoms with Crippen LogP contribution in [-0.2, 0) is 4.79 Å². The summed E-state index contributed by atoms with van der Waals surface area (Å²) in [7, 11) is 0. The van der Waals surface area contributed by atoms with Gasteiger partial charge in [0.05, 0.1) is 10.5 Å². The van der Waals surface area contributed by atoms with Crippen LogP contribution in [0.15, 0.2) is 31.9 Å². The average Bonchev–Trinajstić information content (AvgIpc) is 2.76. The van der Waals surface area contributed by atoms with Crippen molar-refractivity contribution in [3.8, 4) is 0 Å². The van der Waals surface area contributed by atoms with Gasteiger partial charge in [0.1, 0.15) is 6.29 Å². The highest BCUT2D eigenvalue weighted by Gasteiger charge is 2.26. The molecule has 0 aliphatic heterocycles. The van der Waals surface area contributed by atoms with Gasteiger partial charge in [-0.1, -0.05) is 13.0 Å². The lowest BCUT2D eigenvalue weighted by Gasteiger charge is -2.13. The lowest BCUT2D eigenvalue weighted by atomic mass is 9.99. The Labute approximate surface area is 112 Å². The summed E-state index contributed by atoms with van der Waals surface area (Å²) in [4.78, 5) is 36.2. The third kappa shape index (κ3) is 2.25. The highest BCUT2D eigenvalue weighted by Crippen LogP contribution is 2.33. The number of aromatic amines is 1. The Morgan fingerprint density at radius 3 is 2.83 bits per heavy atom. The Bertz CT molecular complexity index is 614. The van der Waals surface area contributed by atoms with Gasteiger partial charge in [0.15, 0.2) is 0 Å². The molecule has 0 fully saturated rings. The van der Waals surface area contributed by atoms with Crippen LogP contribution in [0.2, 0.25) is 0 Å². The molecule has 96 valence electrons. The minimum atomic E-state index is -0.452. The van der Waals surface area contributed by atoms with Crippen molar-refractivity contribution in [3.05, 3.63) is 43.2 Å². The second-order valence-electron chi connectivity index (χ2n) is 4.34. The zero-order valence-corrected chi connectivity index (χ0v) is 11.4. The first-order chi connectivity index (χ1) is 8.56. The second kappa shape index (κ2) is 5.06. The fraction of sp³-hybridized carbons (Fsp3) is 0.417. The number of carbonyl (C=O) groups is 1. The number of aromatic nitrogens is 2. The smallest absolute Gasteiger partial charge is 0.298 e. The Kier molecular flexibility index (Phi) is 3.65. The molecule has 18 heavy (non-hydrogen) atoms. The van der Waals surface area contributed by atoms with E-state index in [4.69, 9.17) is 0 Å². The maximum atomic E-state index is 11.7. The molecule has 0 spiro atoms. The normalized spacial score (nSPS) is 22.9. The molecule has 0 bridgehead atoms. The van der Waals surface area contributed by atoms with Crippen molar-refractivity contribution in [2.75, 3.05) is 0 Å². The van der Waals surface area contributed by atoms with Gasteiger partial charge >= 0.3 is 5.69 Å². The zero-order valence-electron chi connectivity index (χ0n) is 9.85. The highest BCUT2D eigenvalue weighted by molar-refractivity contribution is 9.10. The molecule has 2 atom stereocenters. The van der Waals surface area contributed by atoms with Crippen molar-refractivity contribution in [1.82, 2.24) is 9.55 Å². The lowest BCUT2D eigenvalue weighted by Crippen LogP contribution is -2.31. The Hall–Kier alpha value is -1.43. The van der Waals surface area contributed by atoms with Gasteiger partial charge in [0.25, 0.3) is 5.56 Å². The average molecular weight is 313 g/mol. The minimum absolute atomic E-state index is 0.171. The van der Waals surface area contributed by atoms with Gasteiger partial charge in [-0.2, -0.15) is 0 Å². The van der Waals surface area contributed by atoms with Crippen LogP contribution in [-0.4, -0.2) is 15.8 Å². The fourth-order valence-corrected chi connectivity index (χ4v) is 2.61. The molecule has 5 nitrogen and oxygen atoms in total. The number of aldehydes is 1. The summed E-state index contributed by atoms with van der Waals surface area (Å²) in [6.07, 6.45) is 5.69. The van der Waals surface area contributed by atoms with Gasteiger partial charge in [0.2, 0.25) is 0 Å². The topological polar surface area (TPSA) is 71.9 Å². The molecular formula is C12H13BrN2O3.